The zero-order valence-corrected chi connectivity index (χ0v) is 8.97. The molecule has 0 saturated carbocycles. The molecule has 1 aromatic carbocycles. The van der Waals surface area contributed by atoms with Crippen molar-refractivity contribution in [1.29, 1.82) is 0 Å². The number of carbonyl (C=O) groups is 1. The first kappa shape index (κ1) is 12.8. The van der Waals surface area contributed by atoms with Crippen LogP contribution in [0.15, 0.2) is 18.2 Å². The van der Waals surface area contributed by atoms with Crippen LogP contribution >= 0.6 is 11.6 Å². The normalized spacial score (nSPS) is 12.6. The molecule has 0 radical (unpaired) electrons. The average Bonchev–Trinajstić information content (AvgIpc) is 2.19. The quantitative estimate of drug-likeness (QED) is 0.769. The van der Waals surface area contributed by atoms with E-state index < -0.39 is 29.3 Å². The maximum absolute atomic E-state index is 13.5. The molecule has 0 aliphatic rings. The summed E-state index contributed by atoms with van der Waals surface area (Å²) in [5.74, 6) is -2.15. The van der Waals surface area contributed by atoms with Crippen LogP contribution in [-0.2, 0) is 4.79 Å². The fourth-order valence-electron chi connectivity index (χ4n) is 1.13. The predicted molar refractivity (Wildman–Crippen MR) is 52.3 cm³/mol. The summed E-state index contributed by atoms with van der Waals surface area (Å²) in [5.41, 5.74) is -0.174. The molecule has 0 fully saturated rings. The van der Waals surface area contributed by atoms with Crippen LogP contribution in [0.2, 0.25) is 0 Å². The fraction of sp³-hybridized carbons (Fsp3) is 0.300. The van der Waals surface area contributed by atoms with Gasteiger partial charge in [-0.25, -0.2) is 4.39 Å². The zero-order chi connectivity index (χ0) is 12.3. The molecule has 88 valence electrons. The average molecular weight is 253 g/mol. The summed E-state index contributed by atoms with van der Waals surface area (Å²) >= 11 is 5.62. The van der Waals surface area contributed by atoms with Crippen LogP contribution in [0.25, 0.3) is 0 Å². The topological polar surface area (TPSA) is 26.3 Å². The molecule has 0 heterocycles. The van der Waals surface area contributed by atoms with E-state index >= 15 is 0 Å². The Morgan fingerprint density at radius 1 is 1.44 bits per heavy atom. The highest BCUT2D eigenvalue weighted by Gasteiger charge is 2.21. The number of carbonyl (C=O) groups excluding carboxylic acids is 1. The summed E-state index contributed by atoms with van der Waals surface area (Å²) in [6, 6.07) is 3.57. The predicted octanol–water partition coefficient (Wildman–Crippen LogP) is 3.30. The van der Waals surface area contributed by atoms with E-state index in [0.717, 1.165) is 6.07 Å². The van der Waals surface area contributed by atoms with E-state index in [1.807, 2.05) is 0 Å². The molecule has 0 aliphatic carbocycles. The summed E-state index contributed by atoms with van der Waals surface area (Å²) in [7, 11) is 0. The minimum absolute atomic E-state index is 0.174. The van der Waals surface area contributed by atoms with Gasteiger partial charge >= 0.3 is 6.61 Å². The van der Waals surface area contributed by atoms with Crippen molar-refractivity contribution in [1.82, 2.24) is 0 Å². The molecular formula is C10H8ClF3O2. The minimum Gasteiger partial charge on any atom is -0.432 e. The standard InChI is InChI=1S/C10H8ClF3O2/c1-5(15)8(11)6-3-2-4-7(9(6)12)16-10(13)14/h2-4,8,10H,1H3. The van der Waals surface area contributed by atoms with Crippen molar-refractivity contribution in [3.05, 3.63) is 29.6 Å². The zero-order valence-electron chi connectivity index (χ0n) is 8.22. The lowest BCUT2D eigenvalue weighted by Crippen LogP contribution is -2.08. The van der Waals surface area contributed by atoms with Crippen LogP contribution in [0.3, 0.4) is 0 Å². The third-order valence-electron chi connectivity index (χ3n) is 1.84. The number of hydrogen-bond donors (Lipinski definition) is 0. The Morgan fingerprint density at radius 2 is 2.06 bits per heavy atom. The van der Waals surface area contributed by atoms with Crippen LogP contribution in [0, 0.1) is 5.82 Å². The van der Waals surface area contributed by atoms with Crippen molar-refractivity contribution in [2.75, 3.05) is 0 Å². The van der Waals surface area contributed by atoms with Crippen molar-refractivity contribution >= 4 is 17.4 Å². The first-order valence-corrected chi connectivity index (χ1v) is 4.75. The van der Waals surface area contributed by atoms with Crippen molar-refractivity contribution in [2.45, 2.75) is 18.9 Å². The van der Waals surface area contributed by atoms with Gasteiger partial charge < -0.3 is 4.74 Å². The number of halogens is 4. The Morgan fingerprint density at radius 3 is 2.56 bits per heavy atom. The lowest BCUT2D eigenvalue weighted by atomic mass is 10.1. The van der Waals surface area contributed by atoms with Crippen LogP contribution in [-0.4, -0.2) is 12.4 Å². The van der Waals surface area contributed by atoms with Crippen LogP contribution in [0.4, 0.5) is 13.2 Å². The molecule has 0 bridgehead atoms. The highest BCUT2D eigenvalue weighted by atomic mass is 35.5. The highest BCUT2D eigenvalue weighted by Crippen LogP contribution is 2.30. The summed E-state index contributed by atoms with van der Waals surface area (Å²) in [5, 5.41) is -1.21. The summed E-state index contributed by atoms with van der Waals surface area (Å²) in [6.45, 7) is -1.95. The molecule has 16 heavy (non-hydrogen) atoms. The van der Waals surface area contributed by atoms with Crippen molar-refractivity contribution in [2.24, 2.45) is 0 Å². The molecule has 0 spiro atoms. The van der Waals surface area contributed by atoms with Crippen molar-refractivity contribution in [3.63, 3.8) is 0 Å². The largest absolute Gasteiger partial charge is 0.432 e. The molecule has 1 aromatic rings. The summed E-state index contributed by atoms with van der Waals surface area (Å²) < 4.78 is 41.3. The second-order valence-electron chi connectivity index (χ2n) is 3.01. The van der Waals surface area contributed by atoms with Gasteiger partial charge in [-0.05, 0) is 13.0 Å². The van der Waals surface area contributed by atoms with Gasteiger partial charge in [0, 0.05) is 5.56 Å². The van der Waals surface area contributed by atoms with Gasteiger partial charge in [-0.3, -0.25) is 4.79 Å². The van der Waals surface area contributed by atoms with Gasteiger partial charge in [0.1, 0.15) is 5.38 Å². The van der Waals surface area contributed by atoms with E-state index in [-0.39, 0.29) is 5.56 Å². The van der Waals surface area contributed by atoms with Gasteiger partial charge in [0.05, 0.1) is 0 Å². The van der Waals surface area contributed by atoms with Crippen molar-refractivity contribution < 1.29 is 22.7 Å². The fourth-order valence-corrected chi connectivity index (χ4v) is 1.30. The van der Waals surface area contributed by atoms with Gasteiger partial charge in [0.2, 0.25) is 0 Å². The van der Waals surface area contributed by atoms with Gasteiger partial charge in [0.25, 0.3) is 0 Å². The molecule has 0 aromatic heterocycles. The minimum atomic E-state index is -3.13. The maximum Gasteiger partial charge on any atom is 0.387 e. The van der Waals surface area contributed by atoms with Crippen molar-refractivity contribution in [3.8, 4) is 5.75 Å². The lowest BCUT2D eigenvalue weighted by molar-refractivity contribution is -0.116. The number of Topliss-reactive ketones (excluding diaryl/α,β-unsaturated/α-hetero) is 1. The van der Waals surface area contributed by atoms with E-state index in [2.05, 4.69) is 4.74 Å². The summed E-state index contributed by atoms with van der Waals surface area (Å²) in [4.78, 5) is 10.9. The molecular weight excluding hydrogens is 245 g/mol. The number of hydrogen-bond acceptors (Lipinski definition) is 2. The van der Waals surface area contributed by atoms with Crippen LogP contribution in [0.1, 0.15) is 17.9 Å². The third-order valence-corrected chi connectivity index (χ3v) is 2.38. The Kier molecular flexibility index (Phi) is 4.18. The monoisotopic (exact) mass is 252 g/mol. The van der Waals surface area contributed by atoms with Crippen LogP contribution < -0.4 is 4.74 Å². The summed E-state index contributed by atoms with van der Waals surface area (Å²) in [6.07, 6.45) is 0. The first-order valence-electron chi connectivity index (χ1n) is 4.31. The van der Waals surface area contributed by atoms with E-state index in [1.165, 1.54) is 19.1 Å². The molecule has 6 heteroatoms. The first-order chi connectivity index (χ1) is 7.43. The molecule has 0 amide bonds. The van der Waals surface area contributed by atoms with Gasteiger partial charge in [0.15, 0.2) is 17.3 Å². The Hall–Kier alpha value is -1.23. The Bertz CT molecular complexity index is 396. The highest BCUT2D eigenvalue weighted by molar-refractivity contribution is 6.30. The van der Waals surface area contributed by atoms with Gasteiger partial charge in [-0.1, -0.05) is 12.1 Å². The second-order valence-corrected chi connectivity index (χ2v) is 3.45. The molecule has 2 nitrogen and oxygen atoms in total. The van der Waals surface area contributed by atoms with E-state index in [1.54, 1.807) is 0 Å². The molecule has 1 unspecified atom stereocenters. The number of benzene rings is 1. The van der Waals surface area contributed by atoms with Gasteiger partial charge in [-0.2, -0.15) is 8.78 Å². The maximum atomic E-state index is 13.5. The molecule has 0 saturated heterocycles. The molecule has 0 aliphatic heterocycles. The lowest BCUT2D eigenvalue weighted by Gasteiger charge is -2.11. The molecule has 0 N–H and O–H groups in total. The van der Waals surface area contributed by atoms with Gasteiger partial charge in [-0.15, -0.1) is 11.6 Å². The Balaban J connectivity index is 3.08. The number of ketones is 1. The van der Waals surface area contributed by atoms with Crippen LogP contribution in [0.5, 0.6) is 5.75 Å². The van der Waals surface area contributed by atoms with E-state index in [4.69, 9.17) is 11.6 Å². The molecule has 1 atom stereocenters. The van der Waals surface area contributed by atoms with E-state index in [9.17, 15) is 18.0 Å². The second kappa shape index (κ2) is 5.21. The Labute approximate surface area is 95.0 Å². The number of ether oxygens (including phenoxy) is 1. The SMILES string of the molecule is CC(=O)C(Cl)c1cccc(OC(F)F)c1F. The molecule has 1 rings (SSSR count). The third kappa shape index (κ3) is 2.88. The van der Waals surface area contributed by atoms with E-state index in [0.29, 0.717) is 0 Å². The number of alkyl halides is 3. The number of rotatable bonds is 4. The smallest absolute Gasteiger partial charge is 0.387 e.